The van der Waals surface area contributed by atoms with Crippen molar-refractivity contribution >= 4 is 28.1 Å². The first kappa shape index (κ1) is 28.2. The minimum absolute atomic E-state index is 0.0327. The largest absolute Gasteiger partial charge is 0.463 e. The van der Waals surface area contributed by atoms with E-state index in [2.05, 4.69) is 53.5 Å². The van der Waals surface area contributed by atoms with E-state index in [1.807, 2.05) is 0 Å². The van der Waals surface area contributed by atoms with E-state index in [4.69, 9.17) is 9.16 Å². The van der Waals surface area contributed by atoms with Crippen LogP contribution in [0.25, 0.3) is 0 Å². The zero-order valence-electron chi connectivity index (χ0n) is 20.6. The van der Waals surface area contributed by atoms with E-state index in [-0.39, 0.29) is 23.8 Å². The number of aliphatic hydroxyl groups excluding tert-OH is 1. The number of carbonyl (C=O) groups excluding carboxylic acids is 2. The van der Waals surface area contributed by atoms with Gasteiger partial charge in [0.25, 0.3) is 0 Å². The maximum Gasteiger partial charge on any atom is 0.330 e. The van der Waals surface area contributed by atoms with Gasteiger partial charge in [0.1, 0.15) is 5.78 Å². The summed E-state index contributed by atoms with van der Waals surface area (Å²) in [4.78, 5) is 25.3. The van der Waals surface area contributed by atoms with Gasteiger partial charge >= 0.3 is 5.97 Å². The Balaban J connectivity index is 6.21. The van der Waals surface area contributed by atoms with E-state index in [0.717, 1.165) is 11.6 Å². The highest BCUT2D eigenvalue weighted by Crippen LogP contribution is 2.40. The van der Waals surface area contributed by atoms with Crippen LogP contribution in [0.1, 0.15) is 48.0 Å². The Bertz CT molecular complexity index is 595. The summed E-state index contributed by atoms with van der Waals surface area (Å²) in [6.07, 6.45) is 1.21. The van der Waals surface area contributed by atoms with Crippen molar-refractivity contribution in [2.45, 2.75) is 97.9 Å². The Morgan fingerprint density at radius 1 is 1.03 bits per heavy atom. The van der Waals surface area contributed by atoms with Crippen molar-refractivity contribution in [3.8, 4) is 0 Å². The smallest absolute Gasteiger partial charge is 0.330 e. The van der Waals surface area contributed by atoms with E-state index in [0.29, 0.717) is 6.61 Å². The fourth-order valence-corrected chi connectivity index (χ4v) is 5.37. The van der Waals surface area contributed by atoms with Crippen LogP contribution >= 0.6 is 0 Å². The van der Waals surface area contributed by atoms with Gasteiger partial charge in [0, 0.05) is 26.0 Å². The second-order valence-corrected chi connectivity index (χ2v) is 21.5. The van der Waals surface area contributed by atoms with Crippen LogP contribution in [0.3, 0.4) is 0 Å². The Labute approximate surface area is 180 Å². The maximum atomic E-state index is 13.0. The van der Waals surface area contributed by atoms with Gasteiger partial charge in [-0.15, -0.1) is 0 Å². The second-order valence-electron chi connectivity index (χ2n) is 11.2. The molecular weight excluding hydrogens is 400 g/mol. The number of hydrogen-bond donors (Lipinski definition) is 1. The number of hydrogen-bond acceptors (Lipinski definition) is 5. The average Bonchev–Trinajstić information content (AvgIpc) is 2.51. The molecule has 0 unspecified atom stereocenters. The topological polar surface area (TPSA) is 72.8 Å². The number of carbonyl (C=O) groups is 2. The molecular formula is C22H44O5Si2. The number of ketones is 1. The average molecular weight is 445 g/mol. The lowest BCUT2D eigenvalue weighted by atomic mass is 9.85. The lowest BCUT2D eigenvalue weighted by Gasteiger charge is -2.41. The molecule has 0 aliphatic carbocycles. The molecule has 0 aromatic carbocycles. The molecule has 5 nitrogen and oxygen atoms in total. The number of Topliss-reactive ketones (excluding diaryl/α,β-unsaturated/α-hetero) is 1. The van der Waals surface area contributed by atoms with E-state index < -0.39 is 33.9 Å². The Morgan fingerprint density at radius 2 is 1.55 bits per heavy atom. The Morgan fingerprint density at radius 3 is 1.93 bits per heavy atom. The molecule has 0 saturated carbocycles. The van der Waals surface area contributed by atoms with Crippen LogP contribution in [-0.2, 0) is 18.8 Å². The fraction of sp³-hybridized carbons (Fsp3) is 0.818. The quantitative estimate of drug-likeness (QED) is 0.270. The fourth-order valence-electron chi connectivity index (χ4n) is 2.52. The van der Waals surface area contributed by atoms with Crippen LogP contribution in [-0.4, -0.2) is 52.6 Å². The van der Waals surface area contributed by atoms with Crippen LogP contribution in [0.15, 0.2) is 11.6 Å². The minimum atomic E-state index is -2.20. The normalized spacial score (nSPS) is 15.2. The molecule has 0 radical (unpaired) electrons. The Kier molecular flexibility index (Phi) is 10.2. The molecule has 0 saturated heterocycles. The lowest BCUT2D eigenvalue weighted by molar-refractivity contribution is -0.137. The number of rotatable bonds is 11. The number of aliphatic hydroxyl groups is 1. The van der Waals surface area contributed by atoms with Crippen LogP contribution in [0.2, 0.25) is 43.8 Å². The van der Waals surface area contributed by atoms with Gasteiger partial charge in [-0.25, -0.2) is 4.79 Å². The lowest BCUT2D eigenvalue weighted by Crippen LogP contribution is -2.46. The predicted octanol–water partition coefficient (Wildman–Crippen LogP) is 5.18. The maximum absolute atomic E-state index is 13.0. The monoisotopic (exact) mass is 444 g/mol. The van der Waals surface area contributed by atoms with Crippen molar-refractivity contribution < 1.29 is 23.9 Å². The van der Waals surface area contributed by atoms with Gasteiger partial charge < -0.3 is 14.3 Å². The van der Waals surface area contributed by atoms with E-state index >= 15 is 0 Å². The third-order valence-corrected chi connectivity index (χ3v) is 11.5. The standard InChI is InChI=1S/C22H44O5Si2/c1-12-26-20(25)13-17(15-28(7,8)9)18(14-19(24)22(5,6)16-23)27-29(10,11)21(2,3)4/h13,18,23H,12,14-16H2,1-11H3/b17-13-/t18-/m0/s1. The second kappa shape index (κ2) is 10.5. The molecule has 7 heteroatoms. The molecule has 1 atom stereocenters. The number of ether oxygens (including phenoxy) is 1. The summed E-state index contributed by atoms with van der Waals surface area (Å²) in [6.45, 7) is 22.8. The molecule has 0 bridgehead atoms. The summed E-state index contributed by atoms with van der Waals surface area (Å²) in [6, 6.07) is 0.748. The molecule has 0 aliphatic rings. The summed E-state index contributed by atoms with van der Waals surface area (Å²) in [7, 11) is -3.80. The molecule has 0 heterocycles. The first-order valence-electron chi connectivity index (χ1n) is 10.6. The third kappa shape index (κ3) is 9.72. The predicted molar refractivity (Wildman–Crippen MR) is 125 cm³/mol. The van der Waals surface area contributed by atoms with Crippen molar-refractivity contribution in [2.24, 2.45) is 5.41 Å². The first-order chi connectivity index (χ1) is 12.9. The third-order valence-electron chi connectivity index (χ3n) is 5.50. The van der Waals surface area contributed by atoms with Crippen molar-refractivity contribution in [3.05, 3.63) is 11.6 Å². The summed E-state index contributed by atoms with van der Waals surface area (Å²) in [5.74, 6) is -0.451. The van der Waals surface area contributed by atoms with Crippen molar-refractivity contribution in [3.63, 3.8) is 0 Å². The first-order valence-corrected chi connectivity index (χ1v) is 17.2. The molecule has 0 rings (SSSR count). The highest BCUT2D eigenvalue weighted by Gasteiger charge is 2.42. The zero-order valence-corrected chi connectivity index (χ0v) is 22.6. The van der Waals surface area contributed by atoms with Gasteiger partial charge in [-0.3, -0.25) is 4.79 Å². The molecule has 0 aliphatic heterocycles. The Hall–Kier alpha value is -0.766. The van der Waals surface area contributed by atoms with Crippen LogP contribution < -0.4 is 0 Å². The van der Waals surface area contributed by atoms with Gasteiger partial charge in [-0.2, -0.15) is 0 Å². The highest BCUT2D eigenvalue weighted by atomic mass is 28.4. The van der Waals surface area contributed by atoms with Gasteiger partial charge in [0.2, 0.25) is 0 Å². The summed E-state index contributed by atoms with van der Waals surface area (Å²) >= 11 is 0. The van der Waals surface area contributed by atoms with Gasteiger partial charge in [0.05, 0.1) is 19.3 Å². The van der Waals surface area contributed by atoms with Crippen molar-refractivity contribution in [2.75, 3.05) is 13.2 Å². The SMILES string of the molecule is CCOC(=O)/C=C(/C[Si](C)(C)C)[C@H](CC(=O)C(C)(C)CO)O[Si](C)(C)C(C)(C)C. The molecule has 1 N–H and O–H groups in total. The molecule has 0 spiro atoms. The molecule has 0 amide bonds. The summed E-state index contributed by atoms with van der Waals surface area (Å²) in [5, 5.41) is 9.61. The molecule has 170 valence electrons. The molecule has 0 aromatic rings. The van der Waals surface area contributed by atoms with Crippen LogP contribution in [0, 0.1) is 5.41 Å². The van der Waals surface area contributed by atoms with Crippen LogP contribution in [0.5, 0.6) is 0 Å². The van der Waals surface area contributed by atoms with E-state index in [1.165, 1.54) is 0 Å². The van der Waals surface area contributed by atoms with Gasteiger partial charge in [-0.1, -0.05) is 54.3 Å². The van der Waals surface area contributed by atoms with Crippen molar-refractivity contribution in [1.82, 2.24) is 0 Å². The van der Waals surface area contributed by atoms with Gasteiger partial charge in [0.15, 0.2) is 8.32 Å². The molecule has 0 aromatic heterocycles. The van der Waals surface area contributed by atoms with Crippen LogP contribution in [0.4, 0.5) is 0 Å². The van der Waals surface area contributed by atoms with E-state index in [9.17, 15) is 14.7 Å². The minimum Gasteiger partial charge on any atom is -0.463 e. The molecule has 29 heavy (non-hydrogen) atoms. The summed E-state index contributed by atoms with van der Waals surface area (Å²) in [5.41, 5.74) is -0.00185. The van der Waals surface area contributed by atoms with Gasteiger partial charge in [-0.05, 0) is 36.7 Å². The zero-order chi connectivity index (χ0) is 23.3. The van der Waals surface area contributed by atoms with Crippen molar-refractivity contribution in [1.29, 1.82) is 0 Å². The molecule has 0 fully saturated rings. The van der Waals surface area contributed by atoms with E-state index in [1.54, 1.807) is 26.8 Å². The number of esters is 1. The summed E-state index contributed by atoms with van der Waals surface area (Å²) < 4.78 is 11.8. The highest BCUT2D eigenvalue weighted by molar-refractivity contribution is 6.76.